The van der Waals surface area contributed by atoms with Gasteiger partial charge in [0, 0.05) is 19.1 Å². The van der Waals surface area contributed by atoms with E-state index in [1.54, 1.807) is 7.11 Å². The second-order valence-electron chi connectivity index (χ2n) is 7.37. The van der Waals surface area contributed by atoms with E-state index in [1.165, 1.54) is 24.8 Å². The topological polar surface area (TPSA) is 51.2 Å². The van der Waals surface area contributed by atoms with Crippen molar-refractivity contribution in [3.8, 4) is 11.5 Å². The second kappa shape index (κ2) is 11.1. The first-order valence-electron chi connectivity index (χ1n) is 10.0. The third kappa shape index (κ3) is 5.98. The molecule has 5 nitrogen and oxygen atoms in total. The molecule has 0 radical (unpaired) electrons. The molecule has 2 fully saturated rings. The second-order valence-corrected chi connectivity index (χ2v) is 7.37. The van der Waals surface area contributed by atoms with Gasteiger partial charge in [-0.1, -0.05) is 18.9 Å². The molecule has 154 valence electrons. The van der Waals surface area contributed by atoms with Crippen molar-refractivity contribution in [2.24, 2.45) is 0 Å². The zero-order valence-electron chi connectivity index (χ0n) is 16.6. The Kier molecular flexibility index (Phi) is 9.16. The standard InChI is InChI=1S/C21H33NO4.ClH/c1-3-25-21-14-16(8-9-20(21)24-2)11-13-26-19-7-5-4-6-18(19)22-12-10-17(23)15-22;/h8-9,14,17-19,23H,3-7,10-13,15H2,1-2H3;1H/t17-,18-,19-;/m1./s1. The average molecular weight is 400 g/mol. The molecule has 27 heavy (non-hydrogen) atoms. The summed E-state index contributed by atoms with van der Waals surface area (Å²) in [6.45, 7) is 5.13. The maximum Gasteiger partial charge on any atom is 0.161 e. The number of likely N-dealkylation sites (tertiary alicyclic amines) is 1. The number of aliphatic hydroxyl groups is 1. The molecule has 6 heteroatoms. The molecule has 0 amide bonds. The first-order chi connectivity index (χ1) is 12.7. The van der Waals surface area contributed by atoms with E-state index in [-0.39, 0.29) is 18.5 Å². The SMILES string of the molecule is CCOc1cc(CCO[C@@H]2CCCC[C@H]2N2CC[C@@H](O)C2)ccc1OC.Cl. The molecular formula is C21H34ClNO4. The van der Waals surface area contributed by atoms with Crippen molar-refractivity contribution in [3.05, 3.63) is 23.8 Å². The molecule has 1 saturated heterocycles. The van der Waals surface area contributed by atoms with Crippen LogP contribution in [0.15, 0.2) is 18.2 Å². The molecule has 0 aromatic heterocycles. The van der Waals surface area contributed by atoms with Crippen molar-refractivity contribution in [2.75, 3.05) is 33.4 Å². The molecule has 1 aromatic rings. The molecule has 1 aromatic carbocycles. The molecule has 0 unspecified atom stereocenters. The van der Waals surface area contributed by atoms with E-state index in [0.29, 0.717) is 18.8 Å². The van der Waals surface area contributed by atoms with Crippen LogP contribution in [0.3, 0.4) is 0 Å². The zero-order chi connectivity index (χ0) is 18.4. The maximum atomic E-state index is 9.85. The maximum absolute atomic E-state index is 9.85. The molecule has 0 bridgehead atoms. The average Bonchev–Trinajstić information content (AvgIpc) is 3.09. The van der Waals surface area contributed by atoms with E-state index in [9.17, 15) is 5.11 Å². The number of nitrogens with zero attached hydrogens (tertiary/aromatic N) is 1. The van der Waals surface area contributed by atoms with Gasteiger partial charge in [0.15, 0.2) is 11.5 Å². The Morgan fingerprint density at radius 3 is 2.67 bits per heavy atom. The largest absolute Gasteiger partial charge is 0.493 e. The Labute approximate surface area is 169 Å². The zero-order valence-corrected chi connectivity index (χ0v) is 17.4. The van der Waals surface area contributed by atoms with Gasteiger partial charge in [-0.05, 0) is 50.3 Å². The Bertz CT molecular complexity index is 571. The third-order valence-electron chi connectivity index (χ3n) is 5.58. The van der Waals surface area contributed by atoms with Gasteiger partial charge >= 0.3 is 0 Å². The fraction of sp³-hybridized carbons (Fsp3) is 0.714. The van der Waals surface area contributed by atoms with Gasteiger partial charge in [0.25, 0.3) is 0 Å². The lowest BCUT2D eigenvalue weighted by atomic mass is 9.91. The highest BCUT2D eigenvalue weighted by Crippen LogP contribution is 2.30. The van der Waals surface area contributed by atoms with Crippen LogP contribution >= 0.6 is 12.4 Å². The Balaban J connectivity index is 0.00000261. The number of benzene rings is 1. The number of ether oxygens (including phenoxy) is 3. The summed E-state index contributed by atoms with van der Waals surface area (Å²) in [7, 11) is 1.67. The van der Waals surface area contributed by atoms with Crippen molar-refractivity contribution in [1.82, 2.24) is 4.90 Å². The third-order valence-corrected chi connectivity index (χ3v) is 5.58. The molecule has 3 rings (SSSR count). The molecule has 0 spiro atoms. The van der Waals surface area contributed by atoms with Gasteiger partial charge in [-0.15, -0.1) is 12.4 Å². The summed E-state index contributed by atoms with van der Waals surface area (Å²) in [6.07, 6.45) is 6.73. The van der Waals surface area contributed by atoms with E-state index in [4.69, 9.17) is 14.2 Å². The van der Waals surface area contributed by atoms with Crippen molar-refractivity contribution < 1.29 is 19.3 Å². The van der Waals surface area contributed by atoms with Crippen LogP contribution < -0.4 is 9.47 Å². The van der Waals surface area contributed by atoms with Crippen molar-refractivity contribution in [3.63, 3.8) is 0 Å². The predicted octanol–water partition coefficient (Wildman–Crippen LogP) is 3.45. The lowest BCUT2D eigenvalue weighted by Gasteiger charge is -2.37. The number of β-amino-alcohol motifs (C(OH)–C–C–N with tert-alkyl or cyclic N) is 1. The first kappa shape index (κ1) is 22.3. The molecular weight excluding hydrogens is 366 g/mol. The van der Waals surface area contributed by atoms with E-state index in [0.717, 1.165) is 50.5 Å². The minimum Gasteiger partial charge on any atom is -0.493 e. The van der Waals surface area contributed by atoms with E-state index < -0.39 is 0 Å². The summed E-state index contributed by atoms with van der Waals surface area (Å²) in [4.78, 5) is 2.44. The number of hydrogen-bond acceptors (Lipinski definition) is 5. The molecule has 3 atom stereocenters. The van der Waals surface area contributed by atoms with Gasteiger partial charge in [-0.2, -0.15) is 0 Å². The van der Waals surface area contributed by atoms with Crippen LogP contribution in [0.1, 0.15) is 44.6 Å². The summed E-state index contributed by atoms with van der Waals surface area (Å²) in [5, 5.41) is 9.85. The summed E-state index contributed by atoms with van der Waals surface area (Å²) in [6, 6.07) is 6.58. The number of halogens is 1. The smallest absolute Gasteiger partial charge is 0.161 e. The van der Waals surface area contributed by atoms with Crippen molar-refractivity contribution in [2.45, 2.75) is 63.7 Å². The molecule has 2 aliphatic rings. The normalized spacial score (nSPS) is 25.8. The quantitative estimate of drug-likeness (QED) is 0.725. The van der Waals surface area contributed by atoms with Gasteiger partial charge in [-0.3, -0.25) is 4.90 Å². The minimum atomic E-state index is -0.158. The summed E-state index contributed by atoms with van der Waals surface area (Å²) >= 11 is 0. The van der Waals surface area contributed by atoms with Crippen LogP contribution in [0.25, 0.3) is 0 Å². The van der Waals surface area contributed by atoms with Gasteiger partial charge in [0.2, 0.25) is 0 Å². The number of rotatable bonds is 8. The fourth-order valence-corrected chi connectivity index (χ4v) is 4.23. The fourth-order valence-electron chi connectivity index (χ4n) is 4.23. The lowest BCUT2D eigenvalue weighted by Crippen LogP contribution is -2.46. The molecule has 1 aliphatic heterocycles. The number of aliphatic hydroxyl groups excluding tert-OH is 1. The minimum absolute atomic E-state index is 0. The molecule has 1 aliphatic carbocycles. The van der Waals surface area contributed by atoms with Crippen molar-refractivity contribution >= 4 is 12.4 Å². The molecule has 1 N–H and O–H groups in total. The molecule has 1 heterocycles. The first-order valence-corrected chi connectivity index (χ1v) is 10.0. The predicted molar refractivity (Wildman–Crippen MR) is 109 cm³/mol. The van der Waals surface area contributed by atoms with Gasteiger partial charge in [0.05, 0.1) is 32.5 Å². The highest BCUT2D eigenvalue weighted by Gasteiger charge is 2.34. The highest BCUT2D eigenvalue weighted by molar-refractivity contribution is 5.85. The Hall–Kier alpha value is -1.01. The van der Waals surface area contributed by atoms with E-state index >= 15 is 0 Å². The lowest BCUT2D eigenvalue weighted by molar-refractivity contribution is -0.0316. The van der Waals surface area contributed by atoms with Crippen LogP contribution in [0.2, 0.25) is 0 Å². The van der Waals surface area contributed by atoms with Crippen LogP contribution in [-0.2, 0) is 11.2 Å². The van der Waals surface area contributed by atoms with E-state index in [1.807, 2.05) is 13.0 Å². The van der Waals surface area contributed by atoms with Crippen LogP contribution in [-0.4, -0.2) is 61.7 Å². The molecule has 1 saturated carbocycles. The van der Waals surface area contributed by atoms with Crippen LogP contribution in [0.4, 0.5) is 0 Å². The van der Waals surface area contributed by atoms with Gasteiger partial charge in [0.1, 0.15) is 0 Å². The van der Waals surface area contributed by atoms with Crippen molar-refractivity contribution in [1.29, 1.82) is 0 Å². The summed E-state index contributed by atoms with van der Waals surface area (Å²) in [5.41, 5.74) is 1.21. The monoisotopic (exact) mass is 399 g/mol. The van der Waals surface area contributed by atoms with Gasteiger partial charge in [-0.25, -0.2) is 0 Å². The summed E-state index contributed by atoms with van der Waals surface area (Å²) in [5.74, 6) is 1.57. The van der Waals surface area contributed by atoms with E-state index in [2.05, 4.69) is 17.0 Å². The number of hydrogen-bond donors (Lipinski definition) is 1. The van der Waals surface area contributed by atoms with Crippen LogP contribution in [0.5, 0.6) is 11.5 Å². The summed E-state index contributed by atoms with van der Waals surface area (Å²) < 4.78 is 17.3. The number of methoxy groups -OCH3 is 1. The van der Waals surface area contributed by atoms with Crippen LogP contribution in [0, 0.1) is 0 Å². The Morgan fingerprint density at radius 2 is 1.96 bits per heavy atom. The highest BCUT2D eigenvalue weighted by atomic mass is 35.5. The van der Waals surface area contributed by atoms with Gasteiger partial charge < -0.3 is 19.3 Å². The Morgan fingerprint density at radius 1 is 1.15 bits per heavy atom.